The van der Waals surface area contributed by atoms with Crippen LogP contribution < -0.4 is 4.72 Å². The normalized spacial score (nSPS) is 11.9. The van der Waals surface area contributed by atoms with Gasteiger partial charge in [0.1, 0.15) is 0 Å². The standard InChI is InChI=1S/C15H21NO2S/c1-5-6-11-15(3,4)12-16-19(17,18)14-9-7-13(2)8-10-14/h6-10,16H,1,11-12H2,2-4H3. The molecule has 0 atom stereocenters. The summed E-state index contributed by atoms with van der Waals surface area (Å²) < 4.78 is 26.9. The number of rotatable bonds is 6. The van der Waals surface area contributed by atoms with Gasteiger partial charge in [-0.3, -0.25) is 0 Å². The molecule has 0 fully saturated rings. The molecule has 0 saturated carbocycles. The maximum atomic E-state index is 12.1. The van der Waals surface area contributed by atoms with Gasteiger partial charge in [0, 0.05) is 6.54 Å². The average molecular weight is 279 g/mol. The molecule has 19 heavy (non-hydrogen) atoms. The molecule has 0 unspecified atom stereocenters. The van der Waals surface area contributed by atoms with Gasteiger partial charge in [-0.15, -0.1) is 5.73 Å². The van der Waals surface area contributed by atoms with Gasteiger partial charge in [-0.1, -0.05) is 38.1 Å². The van der Waals surface area contributed by atoms with Crippen LogP contribution in [-0.4, -0.2) is 15.0 Å². The van der Waals surface area contributed by atoms with Crippen molar-refractivity contribution in [1.82, 2.24) is 4.72 Å². The second-order valence-corrected chi connectivity index (χ2v) is 7.18. The molecule has 4 heteroatoms. The van der Waals surface area contributed by atoms with Crippen molar-refractivity contribution in [3.8, 4) is 0 Å². The molecule has 3 nitrogen and oxygen atoms in total. The second kappa shape index (κ2) is 6.20. The Morgan fingerprint density at radius 3 is 2.42 bits per heavy atom. The molecule has 1 aromatic carbocycles. The van der Waals surface area contributed by atoms with E-state index in [-0.39, 0.29) is 5.41 Å². The van der Waals surface area contributed by atoms with Gasteiger partial charge in [-0.25, -0.2) is 13.1 Å². The molecule has 0 aromatic heterocycles. The molecule has 0 heterocycles. The van der Waals surface area contributed by atoms with Crippen molar-refractivity contribution in [2.75, 3.05) is 6.54 Å². The van der Waals surface area contributed by atoms with E-state index < -0.39 is 10.0 Å². The second-order valence-electron chi connectivity index (χ2n) is 5.41. The number of hydrogen-bond donors (Lipinski definition) is 1. The van der Waals surface area contributed by atoms with E-state index in [9.17, 15) is 8.42 Å². The van der Waals surface area contributed by atoms with Crippen LogP contribution in [-0.2, 0) is 10.0 Å². The van der Waals surface area contributed by atoms with Crippen LogP contribution in [0.1, 0.15) is 25.8 Å². The fourth-order valence-corrected chi connectivity index (χ4v) is 2.75. The number of aryl methyl sites for hydroxylation is 1. The van der Waals surface area contributed by atoms with Gasteiger partial charge in [0.25, 0.3) is 0 Å². The van der Waals surface area contributed by atoms with Gasteiger partial charge < -0.3 is 0 Å². The number of allylic oxidation sites excluding steroid dienone is 1. The summed E-state index contributed by atoms with van der Waals surface area (Å²) >= 11 is 0. The summed E-state index contributed by atoms with van der Waals surface area (Å²) in [4.78, 5) is 0.299. The lowest BCUT2D eigenvalue weighted by Crippen LogP contribution is -2.33. The van der Waals surface area contributed by atoms with Gasteiger partial charge in [0.2, 0.25) is 10.0 Å². The quantitative estimate of drug-likeness (QED) is 0.814. The molecule has 0 saturated heterocycles. The number of benzene rings is 1. The fourth-order valence-electron chi connectivity index (χ4n) is 1.51. The summed E-state index contributed by atoms with van der Waals surface area (Å²) in [6.45, 7) is 9.81. The highest BCUT2D eigenvalue weighted by molar-refractivity contribution is 7.89. The van der Waals surface area contributed by atoms with E-state index in [2.05, 4.69) is 17.0 Å². The minimum atomic E-state index is -3.44. The number of sulfonamides is 1. The zero-order valence-corrected chi connectivity index (χ0v) is 12.5. The third-order valence-corrected chi connectivity index (χ3v) is 4.29. The van der Waals surface area contributed by atoms with Crippen LogP contribution in [0, 0.1) is 12.3 Å². The predicted molar refractivity (Wildman–Crippen MR) is 78.5 cm³/mol. The lowest BCUT2D eigenvalue weighted by molar-refractivity contribution is 0.368. The van der Waals surface area contributed by atoms with E-state index in [4.69, 9.17) is 0 Å². The van der Waals surface area contributed by atoms with Gasteiger partial charge >= 0.3 is 0 Å². The third kappa shape index (κ3) is 5.03. The van der Waals surface area contributed by atoms with Gasteiger partial charge in [-0.05, 0) is 37.0 Å². The van der Waals surface area contributed by atoms with E-state index in [1.165, 1.54) is 0 Å². The zero-order chi connectivity index (χ0) is 14.5. The first-order valence-electron chi connectivity index (χ1n) is 6.17. The molecule has 0 aliphatic carbocycles. The first-order valence-corrected chi connectivity index (χ1v) is 7.66. The largest absolute Gasteiger partial charge is 0.240 e. The average Bonchev–Trinajstić information content (AvgIpc) is 2.35. The minimum absolute atomic E-state index is 0.164. The summed E-state index contributed by atoms with van der Waals surface area (Å²) in [6.07, 6.45) is 2.55. The lowest BCUT2D eigenvalue weighted by Gasteiger charge is -2.22. The van der Waals surface area contributed by atoms with Crippen LogP contribution in [0.15, 0.2) is 47.5 Å². The molecule has 0 amide bonds. The van der Waals surface area contributed by atoms with E-state index in [1.807, 2.05) is 26.8 Å². The molecule has 1 rings (SSSR count). The topological polar surface area (TPSA) is 46.2 Å². The lowest BCUT2D eigenvalue weighted by atomic mass is 9.90. The van der Waals surface area contributed by atoms with Crippen molar-refractivity contribution in [3.63, 3.8) is 0 Å². The van der Waals surface area contributed by atoms with Crippen molar-refractivity contribution in [1.29, 1.82) is 0 Å². The minimum Gasteiger partial charge on any atom is -0.211 e. The van der Waals surface area contributed by atoms with E-state index in [0.717, 1.165) is 12.0 Å². The van der Waals surface area contributed by atoms with E-state index in [1.54, 1.807) is 24.3 Å². The van der Waals surface area contributed by atoms with Gasteiger partial charge in [-0.2, -0.15) is 0 Å². The van der Waals surface area contributed by atoms with Gasteiger partial charge in [0.15, 0.2) is 0 Å². The molecule has 1 aromatic rings. The maximum absolute atomic E-state index is 12.1. The number of hydrogen-bond acceptors (Lipinski definition) is 2. The van der Waals surface area contributed by atoms with Crippen molar-refractivity contribution >= 4 is 10.0 Å². The zero-order valence-electron chi connectivity index (χ0n) is 11.7. The Kier molecular flexibility index (Phi) is 5.12. The molecule has 0 aliphatic rings. The van der Waals surface area contributed by atoms with Crippen molar-refractivity contribution < 1.29 is 8.42 Å². The first kappa shape index (κ1) is 15.7. The van der Waals surface area contributed by atoms with Crippen LogP contribution in [0.4, 0.5) is 0 Å². The Hall–Kier alpha value is -1.35. The smallest absolute Gasteiger partial charge is 0.211 e. The highest BCUT2D eigenvalue weighted by atomic mass is 32.2. The molecular weight excluding hydrogens is 258 g/mol. The highest BCUT2D eigenvalue weighted by Gasteiger charge is 2.21. The SMILES string of the molecule is C=C=CCC(C)(C)CNS(=O)(=O)c1ccc(C)cc1. The van der Waals surface area contributed by atoms with Crippen molar-refractivity contribution in [2.45, 2.75) is 32.1 Å². The third-order valence-electron chi connectivity index (χ3n) is 2.87. The molecule has 104 valence electrons. The van der Waals surface area contributed by atoms with Crippen LogP contribution in [0.3, 0.4) is 0 Å². The Morgan fingerprint density at radius 1 is 1.32 bits per heavy atom. The van der Waals surface area contributed by atoms with Gasteiger partial charge in [0.05, 0.1) is 4.90 Å². The van der Waals surface area contributed by atoms with Crippen LogP contribution >= 0.6 is 0 Å². The molecule has 0 radical (unpaired) electrons. The summed E-state index contributed by atoms with van der Waals surface area (Å²) in [5.41, 5.74) is 3.58. The molecule has 1 N–H and O–H groups in total. The summed E-state index contributed by atoms with van der Waals surface area (Å²) in [7, 11) is -3.44. The number of nitrogens with one attached hydrogen (secondary N) is 1. The Labute approximate surface area is 116 Å². The Bertz CT molecular complexity index is 565. The van der Waals surface area contributed by atoms with Crippen molar-refractivity contribution in [2.24, 2.45) is 5.41 Å². The molecular formula is C15H21NO2S. The molecule has 0 aliphatic heterocycles. The first-order chi connectivity index (χ1) is 8.77. The van der Waals surface area contributed by atoms with Crippen LogP contribution in [0.25, 0.3) is 0 Å². The summed E-state index contributed by atoms with van der Waals surface area (Å²) in [5.74, 6) is 0. The molecule has 0 spiro atoms. The molecule has 0 bridgehead atoms. The summed E-state index contributed by atoms with van der Waals surface area (Å²) in [5, 5.41) is 0. The maximum Gasteiger partial charge on any atom is 0.240 e. The summed E-state index contributed by atoms with van der Waals surface area (Å²) in [6, 6.07) is 6.82. The highest BCUT2D eigenvalue weighted by Crippen LogP contribution is 2.20. The van der Waals surface area contributed by atoms with E-state index >= 15 is 0 Å². The Balaban J connectivity index is 2.75. The van der Waals surface area contributed by atoms with Crippen molar-refractivity contribution in [3.05, 3.63) is 48.2 Å². The van der Waals surface area contributed by atoms with Crippen LogP contribution in [0.5, 0.6) is 0 Å². The van der Waals surface area contributed by atoms with Crippen LogP contribution in [0.2, 0.25) is 0 Å². The Morgan fingerprint density at radius 2 is 1.89 bits per heavy atom. The predicted octanol–water partition coefficient (Wildman–Crippen LogP) is 3.03. The monoisotopic (exact) mass is 279 g/mol. The van der Waals surface area contributed by atoms with E-state index in [0.29, 0.717) is 11.4 Å². The fraction of sp³-hybridized carbons (Fsp3) is 0.400.